The second-order valence-electron chi connectivity index (χ2n) is 9.36. The molecule has 0 radical (unpaired) electrons. The highest BCUT2D eigenvalue weighted by Gasteiger charge is 2.26. The minimum atomic E-state index is 0.734. The largest absolute Gasteiger partial charge is 0.308 e. The Hall–Kier alpha value is -3.81. The summed E-state index contributed by atoms with van der Waals surface area (Å²) < 4.78 is 0. The van der Waals surface area contributed by atoms with E-state index in [1.54, 1.807) is 0 Å². The van der Waals surface area contributed by atoms with Crippen LogP contribution in [0.25, 0.3) is 33.4 Å². The molecule has 1 heterocycles. The van der Waals surface area contributed by atoms with E-state index in [0.29, 0.717) is 0 Å². The Bertz CT molecular complexity index is 1510. The van der Waals surface area contributed by atoms with Gasteiger partial charge in [0.2, 0.25) is 0 Å². The summed E-state index contributed by atoms with van der Waals surface area (Å²) in [6.45, 7) is 6.50. The molecular formula is C33H26ClN. The smallest absolute Gasteiger partial charge is 0.0652 e. The summed E-state index contributed by atoms with van der Waals surface area (Å²) in [5, 5.41) is 0.734. The van der Waals surface area contributed by atoms with E-state index in [0.717, 1.165) is 27.6 Å². The van der Waals surface area contributed by atoms with Crippen molar-refractivity contribution in [2.45, 2.75) is 20.8 Å². The van der Waals surface area contributed by atoms with Gasteiger partial charge in [0.1, 0.15) is 0 Å². The van der Waals surface area contributed by atoms with Crippen LogP contribution in [0.4, 0.5) is 17.1 Å². The molecule has 0 unspecified atom stereocenters. The summed E-state index contributed by atoms with van der Waals surface area (Å²) in [5.74, 6) is 0. The second kappa shape index (κ2) is 8.45. The van der Waals surface area contributed by atoms with E-state index in [4.69, 9.17) is 11.6 Å². The molecule has 0 spiro atoms. The van der Waals surface area contributed by atoms with Crippen molar-refractivity contribution in [3.05, 3.63) is 125 Å². The molecule has 0 saturated carbocycles. The first kappa shape index (κ1) is 21.7. The lowest BCUT2D eigenvalue weighted by molar-refractivity contribution is 1.29. The quantitative estimate of drug-likeness (QED) is 0.243. The molecule has 0 bridgehead atoms. The summed E-state index contributed by atoms with van der Waals surface area (Å²) in [6.07, 6.45) is 0. The summed E-state index contributed by atoms with van der Waals surface area (Å²) in [4.78, 5) is 2.31. The number of nitrogens with zero attached hydrogens (tertiary/aromatic N) is 1. The highest BCUT2D eigenvalue weighted by molar-refractivity contribution is 6.34. The molecule has 0 amide bonds. The SMILES string of the molecule is Cc1cc(C)c(-c2ccc(N3c4ccccc4-c4ccccc4-c4ccccc43)c(Cl)c2)c(C)c1. The van der Waals surface area contributed by atoms with Crippen molar-refractivity contribution in [1.82, 2.24) is 0 Å². The normalized spacial score (nSPS) is 11.9. The molecule has 6 rings (SSSR count). The molecule has 1 aliphatic rings. The number of rotatable bonds is 2. The molecule has 2 heteroatoms. The molecule has 0 aromatic heterocycles. The molecule has 0 N–H and O–H groups in total. The van der Waals surface area contributed by atoms with Crippen molar-refractivity contribution < 1.29 is 0 Å². The molecule has 1 nitrogen and oxygen atoms in total. The van der Waals surface area contributed by atoms with Crippen LogP contribution in [0.2, 0.25) is 5.02 Å². The monoisotopic (exact) mass is 471 g/mol. The van der Waals surface area contributed by atoms with E-state index < -0.39 is 0 Å². The average molecular weight is 472 g/mol. The fraction of sp³-hybridized carbons (Fsp3) is 0.0909. The van der Waals surface area contributed by atoms with Crippen LogP contribution in [0.3, 0.4) is 0 Å². The van der Waals surface area contributed by atoms with Crippen LogP contribution < -0.4 is 4.90 Å². The lowest BCUT2D eigenvalue weighted by atomic mass is 9.93. The molecule has 0 fully saturated rings. The van der Waals surface area contributed by atoms with Gasteiger partial charge in [-0.2, -0.15) is 0 Å². The third kappa shape index (κ3) is 3.55. The van der Waals surface area contributed by atoms with Crippen molar-refractivity contribution in [3.8, 4) is 33.4 Å². The molecular weight excluding hydrogens is 446 g/mol. The van der Waals surface area contributed by atoms with Gasteiger partial charge in [-0.25, -0.2) is 0 Å². The van der Waals surface area contributed by atoms with Crippen molar-refractivity contribution in [1.29, 1.82) is 0 Å². The highest BCUT2D eigenvalue weighted by atomic mass is 35.5. The maximum absolute atomic E-state index is 7.10. The number of aryl methyl sites for hydroxylation is 3. The van der Waals surface area contributed by atoms with Gasteiger partial charge in [-0.05, 0) is 78.4 Å². The summed E-state index contributed by atoms with van der Waals surface area (Å²) in [5.41, 5.74) is 14.3. The Morgan fingerprint density at radius 2 is 1.00 bits per heavy atom. The van der Waals surface area contributed by atoms with E-state index in [9.17, 15) is 0 Å². The third-order valence-electron chi connectivity index (χ3n) is 6.95. The lowest BCUT2D eigenvalue weighted by Crippen LogP contribution is -2.11. The van der Waals surface area contributed by atoms with Crippen molar-refractivity contribution in [3.63, 3.8) is 0 Å². The number of para-hydroxylation sites is 2. The van der Waals surface area contributed by atoms with Crippen LogP contribution in [-0.4, -0.2) is 0 Å². The molecule has 0 saturated heterocycles. The predicted molar refractivity (Wildman–Crippen MR) is 150 cm³/mol. The average Bonchev–Trinajstić information content (AvgIpc) is 2.97. The van der Waals surface area contributed by atoms with Crippen LogP contribution >= 0.6 is 11.6 Å². The Morgan fingerprint density at radius 1 is 0.514 bits per heavy atom. The molecule has 170 valence electrons. The van der Waals surface area contributed by atoms with Gasteiger partial charge < -0.3 is 4.90 Å². The zero-order valence-electron chi connectivity index (χ0n) is 20.1. The molecule has 0 atom stereocenters. The predicted octanol–water partition coefficient (Wildman–Crippen LogP) is 10.0. The van der Waals surface area contributed by atoms with E-state index in [-0.39, 0.29) is 0 Å². The Balaban J connectivity index is 1.59. The van der Waals surface area contributed by atoms with E-state index in [1.165, 1.54) is 44.5 Å². The maximum atomic E-state index is 7.10. The van der Waals surface area contributed by atoms with Gasteiger partial charge >= 0.3 is 0 Å². The fourth-order valence-electron chi connectivity index (χ4n) is 5.61. The third-order valence-corrected chi connectivity index (χ3v) is 7.25. The van der Waals surface area contributed by atoms with Crippen molar-refractivity contribution >= 4 is 28.7 Å². The second-order valence-corrected chi connectivity index (χ2v) is 9.76. The van der Waals surface area contributed by atoms with Gasteiger partial charge in [0.25, 0.3) is 0 Å². The van der Waals surface area contributed by atoms with Crippen LogP contribution in [0.15, 0.2) is 103 Å². The molecule has 5 aromatic carbocycles. The number of halogens is 1. The Kier molecular flexibility index (Phi) is 5.24. The maximum Gasteiger partial charge on any atom is 0.0652 e. The standard InChI is InChI=1S/C33H26ClN/c1-21-18-22(2)33(23(3)19-21)24-16-17-32(29(34)20-24)35-30-14-8-6-12-27(30)25-10-4-5-11-26(25)28-13-7-9-15-31(28)35/h4-20H,1-3H3. The molecule has 5 aromatic rings. The number of benzene rings is 5. The fourth-order valence-corrected chi connectivity index (χ4v) is 5.88. The van der Waals surface area contributed by atoms with Crippen LogP contribution in [0, 0.1) is 20.8 Å². The number of hydrogen-bond acceptors (Lipinski definition) is 1. The van der Waals surface area contributed by atoms with Gasteiger partial charge in [0, 0.05) is 11.1 Å². The first-order valence-electron chi connectivity index (χ1n) is 12.0. The van der Waals surface area contributed by atoms with E-state index >= 15 is 0 Å². The zero-order valence-corrected chi connectivity index (χ0v) is 20.9. The number of anilines is 3. The van der Waals surface area contributed by atoms with Crippen molar-refractivity contribution in [2.75, 3.05) is 4.90 Å². The Morgan fingerprint density at radius 3 is 1.51 bits per heavy atom. The molecule has 1 aliphatic heterocycles. The van der Waals surface area contributed by atoms with E-state index in [1.807, 2.05) is 0 Å². The van der Waals surface area contributed by atoms with Gasteiger partial charge in [0.05, 0.1) is 22.1 Å². The van der Waals surface area contributed by atoms with Gasteiger partial charge in [0.15, 0.2) is 0 Å². The minimum Gasteiger partial charge on any atom is -0.308 e. The van der Waals surface area contributed by atoms with Gasteiger partial charge in [-0.1, -0.05) is 96.0 Å². The summed E-state index contributed by atoms with van der Waals surface area (Å²) in [6, 6.07) is 36.8. The summed E-state index contributed by atoms with van der Waals surface area (Å²) in [7, 11) is 0. The van der Waals surface area contributed by atoms with Crippen LogP contribution in [0.1, 0.15) is 16.7 Å². The molecule has 35 heavy (non-hydrogen) atoms. The summed E-state index contributed by atoms with van der Waals surface area (Å²) >= 11 is 7.10. The Labute approximate surface area is 212 Å². The molecule has 0 aliphatic carbocycles. The highest BCUT2D eigenvalue weighted by Crippen LogP contribution is 2.52. The number of hydrogen-bond donors (Lipinski definition) is 0. The van der Waals surface area contributed by atoms with E-state index in [2.05, 4.69) is 129 Å². The topological polar surface area (TPSA) is 3.24 Å². The first-order chi connectivity index (χ1) is 17.0. The first-order valence-corrected chi connectivity index (χ1v) is 12.4. The van der Waals surface area contributed by atoms with Crippen molar-refractivity contribution in [2.24, 2.45) is 0 Å². The van der Waals surface area contributed by atoms with Gasteiger partial charge in [-0.15, -0.1) is 0 Å². The number of fused-ring (bicyclic) bond motifs is 5. The van der Waals surface area contributed by atoms with Gasteiger partial charge in [-0.3, -0.25) is 0 Å². The minimum absolute atomic E-state index is 0.734. The lowest BCUT2D eigenvalue weighted by Gasteiger charge is -2.28. The van der Waals surface area contributed by atoms with Crippen LogP contribution in [-0.2, 0) is 0 Å². The van der Waals surface area contributed by atoms with Crippen LogP contribution in [0.5, 0.6) is 0 Å². The zero-order chi connectivity index (χ0) is 24.1.